The maximum atomic E-state index is 11.7. The van der Waals surface area contributed by atoms with E-state index in [1.54, 1.807) is 6.92 Å². The maximum absolute atomic E-state index is 11.7. The highest BCUT2D eigenvalue weighted by molar-refractivity contribution is 7.80. The van der Waals surface area contributed by atoms with Crippen molar-refractivity contribution in [2.24, 2.45) is 5.92 Å². The van der Waals surface area contributed by atoms with Crippen LogP contribution in [0.2, 0.25) is 0 Å². The minimum atomic E-state index is -1.06. The molecule has 1 amide bonds. The fourth-order valence-electron chi connectivity index (χ4n) is 1.65. The van der Waals surface area contributed by atoms with Gasteiger partial charge in [-0.05, 0) is 0 Å². The minimum absolute atomic E-state index is 0.105. The average Bonchev–Trinajstić information content (AvgIpc) is 2.58. The SMILES string of the molecule is C[C@H](CS)C(=O)N1C[C@@H](O)C[C@H]1C(=O)O. The second-order valence-electron chi connectivity index (χ2n) is 3.82. The third-order valence-corrected chi connectivity index (χ3v) is 3.09. The highest BCUT2D eigenvalue weighted by Gasteiger charge is 2.39. The monoisotopic (exact) mass is 233 g/mol. The van der Waals surface area contributed by atoms with Gasteiger partial charge in [-0.25, -0.2) is 4.79 Å². The zero-order valence-electron chi connectivity index (χ0n) is 8.46. The number of carboxylic acid groups (broad SMARTS) is 1. The molecule has 1 fully saturated rings. The van der Waals surface area contributed by atoms with E-state index in [1.165, 1.54) is 4.90 Å². The Kier molecular flexibility index (Phi) is 3.98. The van der Waals surface area contributed by atoms with Crippen LogP contribution in [-0.2, 0) is 9.59 Å². The molecule has 15 heavy (non-hydrogen) atoms. The van der Waals surface area contributed by atoms with Gasteiger partial charge in [0.25, 0.3) is 0 Å². The van der Waals surface area contributed by atoms with Crippen LogP contribution in [0.4, 0.5) is 0 Å². The van der Waals surface area contributed by atoms with Crippen molar-refractivity contribution in [2.45, 2.75) is 25.5 Å². The molecule has 1 rings (SSSR count). The Morgan fingerprint density at radius 3 is 2.67 bits per heavy atom. The van der Waals surface area contributed by atoms with Crippen LogP contribution in [0, 0.1) is 5.92 Å². The molecule has 0 bridgehead atoms. The molecule has 3 atom stereocenters. The summed E-state index contributed by atoms with van der Waals surface area (Å²) in [5, 5.41) is 18.2. The summed E-state index contributed by atoms with van der Waals surface area (Å²) < 4.78 is 0. The summed E-state index contributed by atoms with van der Waals surface area (Å²) in [5.74, 6) is -1.27. The first-order chi connectivity index (χ1) is 6.97. The molecule has 0 aromatic rings. The van der Waals surface area contributed by atoms with Crippen LogP contribution < -0.4 is 0 Å². The average molecular weight is 233 g/mol. The van der Waals surface area contributed by atoms with Crippen molar-refractivity contribution in [3.05, 3.63) is 0 Å². The van der Waals surface area contributed by atoms with Crippen molar-refractivity contribution in [1.82, 2.24) is 4.90 Å². The first-order valence-electron chi connectivity index (χ1n) is 4.79. The fraction of sp³-hybridized carbons (Fsp3) is 0.778. The number of likely N-dealkylation sites (tertiary alicyclic amines) is 1. The van der Waals surface area contributed by atoms with Gasteiger partial charge in [-0.2, -0.15) is 12.6 Å². The Morgan fingerprint density at radius 2 is 2.20 bits per heavy atom. The van der Waals surface area contributed by atoms with Gasteiger partial charge < -0.3 is 15.1 Å². The van der Waals surface area contributed by atoms with Gasteiger partial charge in [-0.1, -0.05) is 6.92 Å². The summed E-state index contributed by atoms with van der Waals surface area (Å²) in [4.78, 5) is 23.8. The standard InChI is InChI=1S/C9H15NO4S/c1-5(4-15)8(12)10-3-6(11)2-7(10)9(13)14/h5-7,11,15H,2-4H2,1H3,(H,13,14)/t5-,6+,7+/m1/s1. The summed E-state index contributed by atoms with van der Waals surface area (Å²) >= 11 is 3.99. The molecule has 1 aliphatic heterocycles. The number of nitrogens with zero attached hydrogens (tertiary/aromatic N) is 1. The summed E-state index contributed by atoms with van der Waals surface area (Å²) in [6.45, 7) is 1.80. The molecule has 5 nitrogen and oxygen atoms in total. The van der Waals surface area contributed by atoms with E-state index in [-0.39, 0.29) is 24.8 Å². The van der Waals surface area contributed by atoms with E-state index in [0.29, 0.717) is 5.75 Å². The predicted octanol–water partition coefficient (Wildman–Crippen LogP) is -0.401. The molecule has 2 N–H and O–H groups in total. The molecule has 0 aromatic heterocycles. The summed E-state index contributed by atoms with van der Waals surface area (Å²) in [6, 6.07) is -0.894. The van der Waals surface area contributed by atoms with E-state index in [0.717, 1.165) is 0 Å². The third-order valence-electron chi connectivity index (χ3n) is 2.54. The van der Waals surface area contributed by atoms with Crippen molar-refractivity contribution in [3.8, 4) is 0 Å². The number of β-amino-alcohol motifs (C(OH)–C–C–N with tert-alkyl or cyclic N) is 1. The van der Waals surface area contributed by atoms with E-state index in [1.807, 2.05) is 0 Å². The molecule has 1 saturated heterocycles. The molecule has 0 aromatic carbocycles. The lowest BCUT2D eigenvalue weighted by atomic mass is 10.1. The number of rotatable bonds is 3. The quantitative estimate of drug-likeness (QED) is 0.580. The molecular formula is C9H15NO4S. The topological polar surface area (TPSA) is 77.8 Å². The van der Waals surface area contributed by atoms with Gasteiger partial charge in [-0.15, -0.1) is 0 Å². The van der Waals surface area contributed by atoms with Gasteiger partial charge in [0.2, 0.25) is 5.91 Å². The predicted molar refractivity (Wildman–Crippen MR) is 56.8 cm³/mol. The third kappa shape index (κ3) is 2.63. The van der Waals surface area contributed by atoms with E-state index in [2.05, 4.69) is 12.6 Å². The zero-order chi connectivity index (χ0) is 11.6. The van der Waals surface area contributed by atoms with Crippen LogP contribution in [-0.4, -0.2) is 51.4 Å². The van der Waals surface area contributed by atoms with Crippen LogP contribution in [0.5, 0.6) is 0 Å². The fourth-order valence-corrected chi connectivity index (χ4v) is 1.81. The lowest BCUT2D eigenvalue weighted by Crippen LogP contribution is -2.43. The summed E-state index contributed by atoms with van der Waals surface area (Å²) in [6.07, 6.45) is -0.623. The Morgan fingerprint density at radius 1 is 1.60 bits per heavy atom. The van der Waals surface area contributed by atoms with Gasteiger partial charge in [0.1, 0.15) is 6.04 Å². The van der Waals surface area contributed by atoms with E-state index < -0.39 is 18.1 Å². The molecule has 0 radical (unpaired) electrons. The summed E-state index contributed by atoms with van der Waals surface area (Å²) in [5.41, 5.74) is 0. The summed E-state index contributed by atoms with van der Waals surface area (Å²) in [7, 11) is 0. The van der Waals surface area contributed by atoms with Crippen LogP contribution in [0.25, 0.3) is 0 Å². The molecule has 0 spiro atoms. The molecule has 86 valence electrons. The van der Waals surface area contributed by atoms with Crippen molar-refractivity contribution >= 4 is 24.5 Å². The van der Waals surface area contributed by atoms with Crippen molar-refractivity contribution < 1.29 is 19.8 Å². The Labute approximate surface area is 93.5 Å². The van der Waals surface area contributed by atoms with Gasteiger partial charge in [0, 0.05) is 24.6 Å². The van der Waals surface area contributed by atoms with Crippen molar-refractivity contribution in [1.29, 1.82) is 0 Å². The van der Waals surface area contributed by atoms with Crippen molar-refractivity contribution in [3.63, 3.8) is 0 Å². The maximum Gasteiger partial charge on any atom is 0.326 e. The van der Waals surface area contributed by atoms with E-state index in [9.17, 15) is 14.7 Å². The number of thiol groups is 1. The Balaban J connectivity index is 2.75. The largest absolute Gasteiger partial charge is 0.480 e. The molecule has 1 heterocycles. The highest BCUT2D eigenvalue weighted by atomic mass is 32.1. The molecule has 6 heteroatoms. The van der Waals surface area contributed by atoms with Gasteiger partial charge in [0.15, 0.2) is 0 Å². The second kappa shape index (κ2) is 4.85. The van der Waals surface area contributed by atoms with Gasteiger partial charge >= 0.3 is 5.97 Å². The van der Waals surface area contributed by atoms with Crippen LogP contribution >= 0.6 is 12.6 Å². The normalized spacial score (nSPS) is 27.8. The molecule has 1 aliphatic rings. The first-order valence-corrected chi connectivity index (χ1v) is 5.42. The molecule has 0 saturated carbocycles. The number of aliphatic hydroxyl groups excluding tert-OH is 1. The number of hydrogen-bond donors (Lipinski definition) is 3. The molecular weight excluding hydrogens is 218 g/mol. The van der Waals surface area contributed by atoms with Gasteiger partial charge in [0.05, 0.1) is 6.10 Å². The number of hydrogen-bond acceptors (Lipinski definition) is 4. The van der Waals surface area contributed by atoms with E-state index in [4.69, 9.17) is 5.11 Å². The van der Waals surface area contributed by atoms with Crippen LogP contribution in [0.15, 0.2) is 0 Å². The molecule has 0 aliphatic carbocycles. The lowest BCUT2D eigenvalue weighted by Gasteiger charge is -2.23. The number of amides is 1. The van der Waals surface area contributed by atoms with Gasteiger partial charge in [-0.3, -0.25) is 4.79 Å². The Bertz CT molecular complexity index is 271. The van der Waals surface area contributed by atoms with Crippen molar-refractivity contribution in [2.75, 3.05) is 12.3 Å². The van der Waals surface area contributed by atoms with E-state index >= 15 is 0 Å². The number of carbonyl (C=O) groups is 2. The molecule has 0 unspecified atom stereocenters. The van der Waals surface area contributed by atoms with Crippen LogP contribution in [0.1, 0.15) is 13.3 Å². The highest BCUT2D eigenvalue weighted by Crippen LogP contribution is 2.20. The number of aliphatic hydroxyl groups is 1. The van der Waals surface area contributed by atoms with Crippen LogP contribution in [0.3, 0.4) is 0 Å². The smallest absolute Gasteiger partial charge is 0.326 e. The first kappa shape index (κ1) is 12.3. The number of carbonyl (C=O) groups excluding carboxylic acids is 1. The second-order valence-corrected chi connectivity index (χ2v) is 4.18. The Hall–Kier alpha value is -0.750. The number of aliphatic carboxylic acids is 1. The minimum Gasteiger partial charge on any atom is -0.480 e. The lowest BCUT2D eigenvalue weighted by molar-refractivity contribution is -0.149. The number of carboxylic acids is 1. The zero-order valence-corrected chi connectivity index (χ0v) is 9.35.